The molecule has 4 aromatic carbocycles. The van der Waals surface area contributed by atoms with Gasteiger partial charge in [0.25, 0.3) is 5.78 Å². The highest BCUT2D eigenvalue weighted by Crippen LogP contribution is 2.44. The summed E-state index contributed by atoms with van der Waals surface area (Å²) in [5, 5.41) is 20.8. The van der Waals surface area contributed by atoms with Gasteiger partial charge < -0.3 is 9.84 Å². The van der Waals surface area contributed by atoms with E-state index in [-0.39, 0.29) is 16.5 Å². The number of hydrogen-bond donors (Lipinski definition) is 1. The number of Topliss-reactive ketones (excluding diaryl/α,β-unsaturated/α-hetero) is 1. The molecule has 44 heavy (non-hydrogen) atoms. The summed E-state index contributed by atoms with van der Waals surface area (Å²) in [5.74, 6) is -0.607. The summed E-state index contributed by atoms with van der Waals surface area (Å²) in [6.45, 7) is 2.42. The van der Waals surface area contributed by atoms with Gasteiger partial charge in [0, 0.05) is 16.3 Å². The van der Waals surface area contributed by atoms with Crippen molar-refractivity contribution >= 4 is 57.3 Å². The summed E-state index contributed by atoms with van der Waals surface area (Å²) >= 11 is 8.87. The standard InChI is InChI=1S/C34H26ClN3O4S2/c1-21-7-5-6-10-25(21)19-42-27-17-13-24(14-18-27)30(39)28-29(23-11-15-26(35)16-12-23)38(32(41)31(28)40)33-36-37-34(44-33)43-20-22-8-3-2-4-9-22/h2-18,29,39H,19-20H2,1H3/b30-28+. The van der Waals surface area contributed by atoms with E-state index in [0.29, 0.717) is 38.6 Å². The van der Waals surface area contributed by atoms with Crippen LogP contribution in [0.15, 0.2) is 113 Å². The molecule has 1 atom stereocenters. The van der Waals surface area contributed by atoms with E-state index < -0.39 is 17.7 Å². The molecule has 1 amide bonds. The molecular formula is C34H26ClN3O4S2. The summed E-state index contributed by atoms with van der Waals surface area (Å²) in [7, 11) is 0. The highest BCUT2D eigenvalue weighted by molar-refractivity contribution is 8.00. The quantitative estimate of drug-likeness (QED) is 0.0574. The third kappa shape index (κ3) is 6.26. The number of aliphatic hydroxyl groups is 1. The van der Waals surface area contributed by atoms with Gasteiger partial charge in [0.1, 0.15) is 18.1 Å². The number of ketones is 1. The third-order valence-electron chi connectivity index (χ3n) is 7.22. The lowest BCUT2D eigenvalue weighted by Gasteiger charge is -2.22. The smallest absolute Gasteiger partial charge is 0.301 e. The van der Waals surface area contributed by atoms with Crippen LogP contribution in [0.3, 0.4) is 0 Å². The topological polar surface area (TPSA) is 92.6 Å². The highest BCUT2D eigenvalue weighted by atomic mass is 35.5. The molecule has 1 aliphatic rings. The highest BCUT2D eigenvalue weighted by Gasteiger charge is 2.48. The number of rotatable bonds is 9. The number of hydrogen-bond acceptors (Lipinski definition) is 8. The van der Waals surface area contributed by atoms with Crippen molar-refractivity contribution in [3.8, 4) is 5.75 Å². The second-order valence-corrected chi connectivity index (χ2v) is 12.7. The summed E-state index contributed by atoms with van der Waals surface area (Å²) in [4.78, 5) is 28.3. The molecule has 1 aliphatic heterocycles. The molecule has 2 heterocycles. The molecule has 0 radical (unpaired) electrons. The average molecular weight is 640 g/mol. The molecule has 10 heteroatoms. The summed E-state index contributed by atoms with van der Waals surface area (Å²) in [5.41, 5.74) is 4.26. The summed E-state index contributed by atoms with van der Waals surface area (Å²) in [6.07, 6.45) is 0. The van der Waals surface area contributed by atoms with Gasteiger partial charge in [0.2, 0.25) is 5.13 Å². The maximum Gasteiger partial charge on any atom is 0.301 e. The largest absolute Gasteiger partial charge is 0.507 e. The second kappa shape index (κ2) is 13.1. The number of thioether (sulfide) groups is 1. The van der Waals surface area contributed by atoms with Gasteiger partial charge in [0.15, 0.2) is 4.34 Å². The van der Waals surface area contributed by atoms with E-state index in [4.69, 9.17) is 16.3 Å². The van der Waals surface area contributed by atoms with Gasteiger partial charge in [-0.2, -0.15) is 0 Å². The first-order valence-corrected chi connectivity index (χ1v) is 15.9. The molecule has 5 aromatic rings. The van der Waals surface area contributed by atoms with Crippen LogP contribution in [0.1, 0.15) is 33.9 Å². The third-order valence-corrected chi connectivity index (χ3v) is 9.60. The van der Waals surface area contributed by atoms with Crippen LogP contribution in [-0.4, -0.2) is 27.0 Å². The fourth-order valence-corrected chi connectivity index (χ4v) is 6.81. The Bertz CT molecular complexity index is 1840. The SMILES string of the molecule is Cc1ccccc1COc1ccc(/C(O)=C2\C(=O)C(=O)N(c3nnc(SCc4ccccc4)s3)C2c2ccc(Cl)cc2)cc1. The zero-order valence-electron chi connectivity index (χ0n) is 23.5. The average Bonchev–Trinajstić information content (AvgIpc) is 3.62. The van der Waals surface area contributed by atoms with Gasteiger partial charge in [-0.25, -0.2) is 0 Å². The van der Waals surface area contributed by atoms with Crippen molar-refractivity contribution in [2.45, 2.75) is 29.7 Å². The fourth-order valence-electron chi connectivity index (χ4n) is 4.87. The van der Waals surface area contributed by atoms with E-state index in [1.54, 1.807) is 48.5 Å². The molecule has 0 aliphatic carbocycles. The zero-order chi connectivity index (χ0) is 30.6. The second-order valence-electron chi connectivity index (χ2n) is 10.1. The van der Waals surface area contributed by atoms with Gasteiger partial charge in [-0.05, 0) is 65.6 Å². The number of anilines is 1. The fraction of sp³-hybridized carbons (Fsp3) is 0.118. The van der Waals surface area contributed by atoms with Crippen LogP contribution in [0.5, 0.6) is 5.75 Å². The number of halogens is 1. The van der Waals surface area contributed by atoms with Gasteiger partial charge in [-0.15, -0.1) is 10.2 Å². The first kappa shape index (κ1) is 29.6. The Labute approximate surface area is 267 Å². The van der Waals surface area contributed by atoms with Crippen LogP contribution in [-0.2, 0) is 21.9 Å². The van der Waals surface area contributed by atoms with Crippen LogP contribution in [0.2, 0.25) is 5.02 Å². The lowest BCUT2D eigenvalue weighted by molar-refractivity contribution is -0.132. The molecule has 0 bridgehead atoms. The molecular weight excluding hydrogens is 614 g/mol. The number of aryl methyl sites for hydroxylation is 1. The number of benzene rings is 4. The van der Waals surface area contributed by atoms with Crippen molar-refractivity contribution in [1.82, 2.24) is 10.2 Å². The molecule has 7 nitrogen and oxygen atoms in total. The number of carbonyl (C=O) groups excluding carboxylic acids is 2. The van der Waals surface area contributed by atoms with Crippen molar-refractivity contribution < 1.29 is 19.4 Å². The number of amides is 1. The minimum Gasteiger partial charge on any atom is -0.507 e. The van der Waals surface area contributed by atoms with Crippen molar-refractivity contribution in [3.05, 3.63) is 142 Å². The van der Waals surface area contributed by atoms with E-state index in [0.717, 1.165) is 16.7 Å². The number of nitrogens with zero attached hydrogens (tertiary/aromatic N) is 3. The molecule has 220 valence electrons. The maximum atomic E-state index is 13.5. The monoisotopic (exact) mass is 639 g/mol. The van der Waals surface area contributed by atoms with Crippen LogP contribution in [0.4, 0.5) is 5.13 Å². The van der Waals surface area contributed by atoms with E-state index >= 15 is 0 Å². The lowest BCUT2D eigenvalue weighted by atomic mass is 9.95. The first-order chi connectivity index (χ1) is 21.4. The molecule has 1 unspecified atom stereocenters. The molecule has 0 saturated carbocycles. The number of ether oxygens (including phenoxy) is 1. The Morgan fingerprint density at radius 1 is 0.932 bits per heavy atom. The Morgan fingerprint density at radius 3 is 2.36 bits per heavy atom. The Morgan fingerprint density at radius 2 is 1.64 bits per heavy atom. The number of carbonyl (C=O) groups is 2. The normalized spacial score (nSPS) is 16.0. The predicted octanol–water partition coefficient (Wildman–Crippen LogP) is 8.00. The van der Waals surface area contributed by atoms with Crippen LogP contribution >= 0.6 is 34.7 Å². The molecule has 1 fully saturated rings. The van der Waals surface area contributed by atoms with Crippen LogP contribution in [0.25, 0.3) is 5.76 Å². The van der Waals surface area contributed by atoms with E-state index in [9.17, 15) is 14.7 Å². The molecule has 1 N–H and O–H groups in total. The lowest BCUT2D eigenvalue weighted by Crippen LogP contribution is -2.29. The van der Waals surface area contributed by atoms with E-state index in [1.165, 1.54) is 28.0 Å². The molecule has 1 saturated heterocycles. The Kier molecular flexibility index (Phi) is 8.79. The minimum absolute atomic E-state index is 0.0420. The van der Waals surface area contributed by atoms with E-state index in [1.807, 2.05) is 61.5 Å². The van der Waals surface area contributed by atoms with Crippen LogP contribution < -0.4 is 9.64 Å². The maximum absolute atomic E-state index is 13.5. The molecule has 0 spiro atoms. The van der Waals surface area contributed by atoms with Crippen molar-refractivity contribution in [2.24, 2.45) is 0 Å². The minimum atomic E-state index is -0.927. The molecule has 6 rings (SSSR count). The first-order valence-electron chi connectivity index (χ1n) is 13.7. The van der Waals surface area contributed by atoms with Gasteiger partial charge >= 0.3 is 5.91 Å². The molecule has 1 aromatic heterocycles. The van der Waals surface area contributed by atoms with Crippen LogP contribution in [0, 0.1) is 6.92 Å². The Hall–Kier alpha value is -4.44. The van der Waals surface area contributed by atoms with E-state index in [2.05, 4.69) is 10.2 Å². The summed E-state index contributed by atoms with van der Waals surface area (Å²) in [6, 6.07) is 30.6. The number of aromatic nitrogens is 2. The van der Waals surface area contributed by atoms with Gasteiger partial charge in [0.05, 0.1) is 11.6 Å². The van der Waals surface area contributed by atoms with Crippen molar-refractivity contribution in [1.29, 1.82) is 0 Å². The van der Waals surface area contributed by atoms with Crippen molar-refractivity contribution in [2.75, 3.05) is 4.90 Å². The van der Waals surface area contributed by atoms with Gasteiger partial charge in [-0.1, -0.05) is 101 Å². The van der Waals surface area contributed by atoms with Gasteiger partial charge in [-0.3, -0.25) is 14.5 Å². The summed E-state index contributed by atoms with van der Waals surface area (Å²) < 4.78 is 6.60. The predicted molar refractivity (Wildman–Crippen MR) is 174 cm³/mol. The Balaban J connectivity index is 1.30. The van der Waals surface area contributed by atoms with Crippen molar-refractivity contribution in [3.63, 3.8) is 0 Å². The zero-order valence-corrected chi connectivity index (χ0v) is 25.9. The number of aliphatic hydroxyl groups excluding tert-OH is 1.